The van der Waals surface area contributed by atoms with Crippen molar-refractivity contribution in [1.29, 1.82) is 0 Å². The molecule has 1 atom stereocenters. The zero-order valence-corrected chi connectivity index (χ0v) is 27.6. The van der Waals surface area contributed by atoms with E-state index < -0.39 is 42.0 Å². The fraction of sp³-hybridized carbons (Fsp3) is 0.412. The van der Waals surface area contributed by atoms with Gasteiger partial charge in [0.1, 0.15) is 17.9 Å². The van der Waals surface area contributed by atoms with E-state index in [9.17, 15) is 27.9 Å². The van der Waals surface area contributed by atoms with Crippen molar-refractivity contribution in [3.63, 3.8) is 0 Å². The Hall–Kier alpha value is -4.27. The lowest BCUT2D eigenvalue weighted by Gasteiger charge is -2.34. The molecular formula is C34H37F3N4O6S. The topological polar surface area (TPSA) is 127 Å². The number of carbonyl (C=O) groups is 2. The van der Waals surface area contributed by atoms with Gasteiger partial charge in [0.05, 0.1) is 30.0 Å². The number of aliphatic hydroxyl groups is 2. The molecule has 1 aromatic carbocycles. The van der Waals surface area contributed by atoms with Crippen molar-refractivity contribution in [2.45, 2.75) is 64.8 Å². The summed E-state index contributed by atoms with van der Waals surface area (Å²) < 4.78 is 54.0. The molecule has 4 heterocycles. The Morgan fingerprint density at radius 3 is 2.52 bits per heavy atom. The molecule has 0 aliphatic carbocycles. The number of rotatable bonds is 11. The normalized spacial score (nSPS) is 14.6. The van der Waals surface area contributed by atoms with Crippen molar-refractivity contribution < 1.29 is 42.4 Å². The number of alkyl halides is 3. The fourth-order valence-electron chi connectivity index (χ4n) is 5.95. The van der Waals surface area contributed by atoms with Crippen LogP contribution in [0.25, 0.3) is 16.4 Å². The van der Waals surface area contributed by atoms with Gasteiger partial charge >= 0.3 is 12.1 Å². The Morgan fingerprint density at radius 2 is 1.85 bits per heavy atom. The third-order valence-electron chi connectivity index (χ3n) is 8.24. The number of hydrogen-bond acceptors (Lipinski definition) is 9. The van der Waals surface area contributed by atoms with E-state index in [1.54, 1.807) is 17.0 Å². The summed E-state index contributed by atoms with van der Waals surface area (Å²) in [5.74, 6) is -0.748. The molecule has 48 heavy (non-hydrogen) atoms. The van der Waals surface area contributed by atoms with Crippen molar-refractivity contribution in [1.82, 2.24) is 19.7 Å². The average Bonchev–Trinajstić information content (AvgIpc) is 3.71. The second kappa shape index (κ2) is 14.9. The lowest BCUT2D eigenvalue weighted by atomic mass is 9.85. The van der Waals surface area contributed by atoms with E-state index in [-0.39, 0.29) is 24.9 Å². The maximum absolute atomic E-state index is 14.1. The molecule has 256 valence electrons. The molecule has 2 N–H and O–H groups in total. The predicted molar refractivity (Wildman–Crippen MR) is 172 cm³/mol. The molecule has 10 nitrogen and oxygen atoms in total. The number of hydrogen-bond donors (Lipinski definition) is 2. The highest BCUT2D eigenvalue weighted by molar-refractivity contribution is 7.15. The van der Waals surface area contributed by atoms with Crippen LogP contribution in [0.4, 0.5) is 13.2 Å². The highest BCUT2D eigenvalue weighted by Crippen LogP contribution is 2.37. The molecule has 0 radical (unpaired) electrons. The number of amides is 1. The van der Waals surface area contributed by atoms with Crippen LogP contribution in [-0.4, -0.2) is 74.2 Å². The van der Waals surface area contributed by atoms with Gasteiger partial charge in [-0.1, -0.05) is 19.1 Å². The summed E-state index contributed by atoms with van der Waals surface area (Å²) in [5, 5.41) is 22.7. The van der Waals surface area contributed by atoms with Crippen LogP contribution in [0.1, 0.15) is 70.2 Å². The predicted octanol–water partition coefficient (Wildman–Crippen LogP) is 5.70. The van der Waals surface area contributed by atoms with Crippen LogP contribution in [0.2, 0.25) is 0 Å². The number of halogens is 3. The van der Waals surface area contributed by atoms with Gasteiger partial charge in [-0.05, 0) is 80.5 Å². The summed E-state index contributed by atoms with van der Waals surface area (Å²) in [7, 11) is 0. The third-order valence-corrected chi connectivity index (χ3v) is 9.36. The molecule has 5 rings (SSSR count). The quantitative estimate of drug-likeness (QED) is 0.193. The molecule has 0 spiro atoms. The van der Waals surface area contributed by atoms with Crippen molar-refractivity contribution in [2.75, 3.05) is 26.3 Å². The van der Waals surface area contributed by atoms with Gasteiger partial charge in [-0.15, -0.1) is 11.3 Å². The number of aliphatic hydroxyl groups excluding tert-OH is 2. The fourth-order valence-corrected chi connectivity index (χ4v) is 6.94. The summed E-state index contributed by atoms with van der Waals surface area (Å²) in [4.78, 5) is 32.3. The summed E-state index contributed by atoms with van der Waals surface area (Å²) in [6.07, 6.45) is -3.17. The van der Waals surface area contributed by atoms with Gasteiger partial charge in [0.2, 0.25) is 0 Å². The van der Waals surface area contributed by atoms with Gasteiger partial charge in [0, 0.05) is 23.5 Å². The Bertz CT molecular complexity index is 1760. The van der Waals surface area contributed by atoms with Gasteiger partial charge in [-0.2, -0.15) is 18.3 Å². The minimum Gasteiger partial charge on any atom is -0.489 e. The largest absolute Gasteiger partial charge is 0.489 e. The molecule has 1 aliphatic heterocycles. The number of ether oxygens (including phenoxy) is 2. The molecular weight excluding hydrogens is 649 g/mol. The summed E-state index contributed by atoms with van der Waals surface area (Å²) in [5.41, 5.74) is 1.63. The zero-order chi connectivity index (χ0) is 34.6. The van der Waals surface area contributed by atoms with Crippen LogP contribution in [0.5, 0.6) is 5.75 Å². The molecule has 1 fully saturated rings. The van der Waals surface area contributed by atoms with E-state index in [1.807, 2.05) is 25.1 Å². The van der Waals surface area contributed by atoms with E-state index in [2.05, 4.69) is 23.1 Å². The molecule has 14 heteroatoms. The van der Waals surface area contributed by atoms with Crippen LogP contribution < -0.4 is 4.74 Å². The van der Waals surface area contributed by atoms with E-state index in [4.69, 9.17) is 14.6 Å². The van der Waals surface area contributed by atoms with Crippen molar-refractivity contribution in [3.8, 4) is 22.1 Å². The minimum absolute atomic E-state index is 0.0801. The summed E-state index contributed by atoms with van der Waals surface area (Å²) in [6.45, 7) is 6.03. The first-order chi connectivity index (χ1) is 22.9. The van der Waals surface area contributed by atoms with Crippen molar-refractivity contribution >= 4 is 23.2 Å². The van der Waals surface area contributed by atoms with Crippen molar-refractivity contribution in [3.05, 3.63) is 81.5 Å². The van der Waals surface area contributed by atoms with Gasteiger partial charge < -0.3 is 24.6 Å². The zero-order valence-electron chi connectivity index (χ0n) is 26.8. The first kappa shape index (κ1) is 35.0. The molecule has 1 amide bonds. The molecule has 1 unspecified atom stereocenters. The van der Waals surface area contributed by atoms with E-state index in [1.165, 1.54) is 29.9 Å². The van der Waals surface area contributed by atoms with Gasteiger partial charge in [-0.3, -0.25) is 4.79 Å². The van der Waals surface area contributed by atoms with Crippen LogP contribution >= 0.6 is 11.3 Å². The Morgan fingerprint density at radius 1 is 1.10 bits per heavy atom. The average molecular weight is 687 g/mol. The first-order valence-corrected chi connectivity index (χ1v) is 16.5. The highest BCUT2D eigenvalue weighted by atomic mass is 32.1. The number of benzene rings is 1. The van der Waals surface area contributed by atoms with Gasteiger partial charge in [0.25, 0.3) is 5.91 Å². The molecule has 1 aliphatic rings. The van der Waals surface area contributed by atoms with E-state index in [0.717, 1.165) is 46.3 Å². The number of carbonyl (C=O) groups excluding carboxylic acids is 2. The number of aromatic nitrogens is 3. The Labute approximate surface area is 279 Å². The number of aryl methyl sites for hydroxylation is 2. The second-order valence-corrected chi connectivity index (χ2v) is 12.7. The molecule has 0 bridgehead atoms. The highest BCUT2D eigenvalue weighted by Gasteiger charge is 2.41. The first-order valence-electron chi connectivity index (χ1n) is 15.7. The summed E-state index contributed by atoms with van der Waals surface area (Å²) >= 11 is 1.44. The van der Waals surface area contributed by atoms with Crippen LogP contribution in [-0.2, 0) is 28.7 Å². The minimum atomic E-state index is -4.89. The summed E-state index contributed by atoms with van der Waals surface area (Å²) in [6, 6.07) is 12.6. The lowest BCUT2D eigenvalue weighted by molar-refractivity contribution is -0.144. The third kappa shape index (κ3) is 7.55. The molecule has 0 saturated carbocycles. The maximum Gasteiger partial charge on any atom is 0.434 e. The number of pyridine rings is 1. The molecule has 3 aromatic heterocycles. The number of piperidine rings is 1. The van der Waals surface area contributed by atoms with Gasteiger partial charge in [-0.25, -0.2) is 14.5 Å². The van der Waals surface area contributed by atoms with Crippen LogP contribution in [0.3, 0.4) is 0 Å². The van der Waals surface area contributed by atoms with Crippen LogP contribution in [0.15, 0.2) is 48.7 Å². The number of nitrogens with zero attached hydrogens (tertiary/aromatic N) is 4. The monoisotopic (exact) mass is 686 g/mol. The van der Waals surface area contributed by atoms with E-state index >= 15 is 0 Å². The number of esters is 1. The second-order valence-electron chi connectivity index (χ2n) is 11.4. The molecule has 1 saturated heterocycles. The lowest BCUT2D eigenvalue weighted by Crippen LogP contribution is -2.44. The van der Waals surface area contributed by atoms with E-state index in [0.29, 0.717) is 29.2 Å². The smallest absolute Gasteiger partial charge is 0.434 e. The maximum atomic E-state index is 14.1. The molecule has 4 aromatic rings. The number of thiophene rings is 1. The Balaban J connectivity index is 1.34. The standard InChI is InChI=1S/C34H37F3N4O6S/c1-4-21-16-24(9-10-25(21)22-11-13-40(14-12-22)32(44)28(43)18-42)47-19-23-15-20(3)48-30(23)27-7-6-8-29(39-27)41-31(34(35,36)37)26(17-38-41)33(45)46-5-2/h6-10,15-17,22,28,42-43H,4-5,11-14,18-19H2,1-3H3. The Kier molecular flexibility index (Phi) is 10.9. The van der Waals surface area contributed by atoms with Crippen molar-refractivity contribution in [2.24, 2.45) is 0 Å². The van der Waals surface area contributed by atoms with Crippen LogP contribution in [0, 0.1) is 6.92 Å². The number of likely N-dealkylation sites (tertiary alicyclic amines) is 1. The SMILES string of the molecule is CCOC(=O)c1cnn(-c2cccc(-c3sc(C)cc3COc3ccc(C4CCN(C(=O)C(O)CO)CC4)c(CC)c3)n2)c1C(F)(F)F. The van der Waals surface area contributed by atoms with Gasteiger partial charge in [0.15, 0.2) is 17.6 Å².